The zero-order valence-electron chi connectivity index (χ0n) is 10.3. The summed E-state index contributed by atoms with van der Waals surface area (Å²) in [5.74, 6) is 0. The van der Waals surface area contributed by atoms with E-state index in [4.69, 9.17) is 5.73 Å². The van der Waals surface area contributed by atoms with Crippen molar-refractivity contribution in [3.8, 4) is 0 Å². The van der Waals surface area contributed by atoms with Crippen molar-refractivity contribution in [2.24, 2.45) is 5.73 Å². The molecule has 0 radical (unpaired) electrons. The van der Waals surface area contributed by atoms with E-state index in [1.165, 1.54) is 25.1 Å². The standard InChI is InChI=1S/C14H21N3/c15-13-9-17(10-13)14-6-7-16(11-14)8-12-4-2-1-3-5-12/h1-5,13-14H,6-11,15H2. The number of benzene rings is 1. The minimum absolute atomic E-state index is 0.429. The molecule has 2 heterocycles. The summed E-state index contributed by atoms with van der Waals surface area (Å²) < 4.78 is 0. The highest BCUT2D eigenvalue weighted by molar-refractivity contribution is 5.14. The van der Waals surface area contributed by atoms with E-state index in [1.807, 2.05) is 0 Å². The monoisotopic (exact) mass is 231 g/mol. The fraction of sp³-hybridized carbons (Fsp3) is 0.571. The Bertz CT molecular complexity index is 359. The van der Waals surface area contributed by atoms with Crippen LogP contribution in [0.25, 0.3) is 0 Å². The minimum atomic E-state index is 0.429. The van der Waals surface area contributed by atoms with Gasteiger partial charge < -0.3 is 5.73 Å². The van der Waals surface area contributed by atoms with Crippen LogP contribution in [0.4, 0.5) is 0 Å². The first-order valence-corrected chi connectivity index (χ1v) is 6.57. The highest BCUT2D eigenvalue weighted by atomic mass is 15.3. The molecule has 2 saturated heterocycles. The summed E-state index contributed by atoms with van der Waals surface area (Å²) in [6.07, 6.45) is 1.31. The summed E-state index contributed by atoms with van der Waals surface area (Å²) in [5, 5.41) is 0. The maximum Gasteiger partial charge on any atom is 0.0297 e. The topological polar surface area (TPSA) is 32.5 Å². The van der Waals surface area contributed by atoms with Crippen LogP contribution in [0.15, 0.2) is 30.3 Å². The summed E-state index contributed by atoms with van der Waals surface area (Å²) in [6, 6.07) is 11.9. The molecule has 2 fully saturated rings. The van der Waals surface area contributed by atoms with Gasteiger partial charge in [-0.1, -0.05) is 30.3 Å². The van der Waals surface area contributed by atoms with Crippen molar-refractivity contribution >= 4 is 0 Å². The van der Waals surface area contributed by atoms with Crippen LogP contribution in [-0.4, -0.2) is 48.1 Å². The van der Waals surface area contributed by atoms with Gasteiger partial charge in [0.25, 0.3) is 0 Å². The van der Waals surface area contributed by atoms with Crippen molar-refractivity contribution in [3.05, 3.63) is 35.9 Å². The number of hydrogen-bond acceptors (Lipinski definition) is 3. The Hall–Kier alpha value is -0.900. The molecular weight excluding hydrogens is 210 g/mol. The molecule has 0 bridgehead atoms. The van der Waals surface area contributed by atoms with Crippen LogP contribution in [0.2, 0.25) is 0 Å². The lowest BCUT2D eigenvalue weighted by Crippen LogP contribution is -2.59. The summed E-state index contributed by atoms with van der Waals surface area (Å²) >= 11 is 0. The van der Waals surface area contributed by atoms with Crippen LogP contribution in [0.5, 0.6) is 0 Å². The van der Waals surface area contributed by atoms with E-state index in [0.29, 0.717) is 6.04 Å². The van der Waals surface area contributed by atoms with Crippen LogP contribution in [-0.2, 0) is 6.54 Å². The Balaban J connectivity index is 1.51. The van der Waals surface area contributed by atoms with Gasteiger partial charge in [0, 0.05) is 44.8 Å². The number of nitrogens with two attached hydrogens (primary N) is 1. The molecule has 3 rings (SSSR count). The van der Waals surface area contributed by atoms with Gasteiger partial charge in [0.1, 0.15) is 0 Å². The van der Waals surface area contributed by atoms with Gasteiger partial charge in [0.2, 0.25) is 0 Å². The van der Waals surface area contributed by atoms with Gasteiger partial charge in [-0.05, 0) is 12.0 Å². The third-order valence-corrected chi connectivity index (χ3v) is 3.95. The molecular formula is C14H21N3. The van der Waals surface area contributed by atoms with Crippen LogP contribution >= 0.6 is 0 Å². The average molecular weight is 231 g/mol. The Morgan fingerprint density at radius 3 is 2.59 bits per heavy atom. The maximum absolute atomic E-state index is 5.84. The van der Waals surface area contributed by atoms with E-state index < -0.39 is 0 Å². The Morgan fingerprint density at radius 1 is 1.12 bits per heavy atom. The summed E-state index contributed by atoms with van der Waals surface area (Å²) in [5.41, 5.74) is 7.26. The lowest BCUT2D eigenvalue weighted by Gasteiger charge is -2.41. The molecule has 1 aromatic carbocycles. The molecule has 1 atom stereocenters. The number of nitrogens with zero attached hydrogens (tertiary/aromatic N) is 2. The zero-order valence-corrected chi connectivity index (χ0v) is 10.3. The number of rotatable bonds is 3. The smallest absolute Gasteiger partial charge is 0.0297 e. The van der Waals surface area contributed by atoms with Gasteiger partial charge in [-0.3, -0.25) is 9.80 Å². The largest absolute Gasteiger partial charge is 0.325 e. The number of likely N-dealkylation sites (tertiary alicyclic amines) is 2. The van der Waals surface area contributed by atoms with E-state index in [1.54, 1.807) is 0 Å². The SMILES string of the molecule is NC1CN(C2CCN(Cc3ccccc3)C2)C1. The minimum Gasteiger partial charge on any atom is -0.325 e. The summed E-state index contributed by atoms with van der Waals surface area (Å²) in [6.45, 7) is 5.73. The van der Waals surface area contributed by atoms with E-state index in [9.17, 15) is 0 Å². The fourth-order valence-electron chi connectivity index (χ4n) is 2.94. The van der Waals surface area contributed by atoms with E-state index in [0.717, 1.165) is 25.7 Å². The Labute approximate surface area is 103 Å². The molecule has 0 amide bonds. The second-order valence-corrected chi connectivity index (χ2v) is 5.38. The molecule has 0 aromatic heterocycles. The lowest BCUT2D eigenvalue weighted by atomic mass is 10.1. The normalized spacial score (nSPS) is 27.2. The third kappa shape index (κ3) is 2.51. The predicted molar refractivity (Wildman–Crippen MR) is 69.7 cm³/mol. The van der Waals surface area contributed by atoms with E-state index >= 15 is 0 Å². The van der Waals surface area contributed by atoms with Crippen LogP contribution in [0.3, 0.4) is 0 Å². The first kappa shape index (κ1) is 11.2. The average Bonchev–Trinajstić information content (AvgIpc) is 2.74. The second-order valence-electron chi connectivity index (χ2n) is 5.38. The van der Waals surface area contributed by atoms with Gasteiger partial charge in [-0.25, -0.2) is 0 Å². The molecule has 0 spiro atoms. The first-order chi connectivity index (χ1) is 8.31. The first-order valence-electron chi connectivity index (χ1n) is 6.57. The van der Waals surface area contributed by atoms with Crippen molar-refractivity contribution in [2.75, 3.05) is 26.2 Å². The molecule has 3 heteroatoms. The van der Waals surface area contributed by atoms with E-state index in [-0.39, 0.29) is 0 Å². The molecule has 0 saturated carbocycles. The Morgan fingerprint density at radius 2 is 1.88 bits per heavy atom. The van der Waals surface area contributed by atoms with Crippen molar-refractivity contribution in [2.45, 2.75) is 25.0 Å². The predicted octanol–water partition coefficient (Wildman–Crippen LogP) is 0.904. The lowest BCUT2D eigenvalue weighted by molar-refractivity contribution is 0.0961. The third-order valence-electron chi connectivity index (χ3n) is 3.95. The number of hydrogen-bond donors (Lipinski definition) is 1. The highest BCUT2D eigenvalue weighted by Gasteiger charge is 2.34. The zero-order chi connectivity index (χ0) is 11.7. The molecule has 1 aromatic rings. The quantitative estimate of drug-likeness (QED) is 0.839. The Kier molecular flexibility index (Phi) is 3.14. The molecule has 2 aliphatic rings. The molecule has 1 unspecified atom stereocenters. The molecule has 92 valence electrons. The van der Waals surface area contributed by atoms with Crippen LogP contribution < -0.4 is 5.73 Å². The van der Waals surface area contributed by atoms with Gasteiger partial charge in [-0.2, -0.15) is 0 Å². The second kappa shape index (κ2) is 4.77. The van der Waals surface area contributed by atoms with Crippen molar-refractivity contribution in [1.29, 1.82) is 0 Å². The van der Waals surface area contributed by atoms with Crippen LogP contribution in [0.1, 0.15) is 12.0 Å². The van der Waals surface area contributed by atoms with Gasteiger partial charge in [-0.15, -0.1) is 0 Å². The van der Waals surface area contributed by atoms with Gasteiger partial charge in [0.05, 0.1) is 0 Å². The molecule has 2 N–H and O–H groups in total. The van der Waals surface area contributed by atoms with Crippen LogP contribution in [0, 0.1) is 0 Å². The van der Waals surface area contributed by atoms with Crippen molar-refractivity contribution in [3.63, 3.8) is 0 Å². The molecule has 3 nitrogen and oxygen atoms in total. The van der Waals surface area contributed by atoms with Gasteiger partial charge in [0.15, 0.2) is 0 Å². The molecule has 17 heavy (non-hydrogen) atoms. The van der Waals surface area contributed by atoms with Crippen molar-refractivity contribution < 1.29 is 0 Å². The van der Waals surface area contributed by atoms with Gasteiger partial charge >= 0.3 is 0 Å². The fourth-order valence-corrected chi connectivity index (χ4v) is 2.94. The van der Waals surface area contributed by atoms with E-state index in [2.05, 4.69) is 40.1 Å². The molecule has 0 aliphatic carbocycles. The van der Waals surface area contributed by atoms with Crippen molar-refractivity contribution in [1.82, 2.24) is 9.80 Å². The maximum atomic E-state index is 5.84. The summed E-state index contributed by atoms with van der Waals surface area (Å²) in [4.78, 5) is 5.10. The highest BCUT2D eigenvalue weighted by Crippen LogP contribution is 2.21. The summed E-state index contributed by atoms with van der Waals surface area (Å²) in [7, 11) is 0. The molecule has 2 aliphatic heterocycles.